The zero-order valence-electron chi connectivity index (χ0n) is 24.4. The highest BCUT2D eigenvalue weighted by atomic mass is 32.2. The summed E-state index contributed by atoms with van der Waals surface area (Å²) in [7, 11) is 0.454. The second-order valence-corrected chi connectivity index (χ2v) is 11.7. The molecule has 230 valence electrons. The maximum Gasteiger partial charge on any atom is 0.203 e. The molecular formula is C31H40O10S. The Kier molecular flexibility index (Phi) is 12.3. The summed E-state index contributed by atoms with van der Waals surface area (Å²) in [6.07, 6.45) is -1.30. The molecule has 11 heteroatoms. The molecule has 0 heterocycles. The Balaban J connectivity index is 1.94. The van der Waals surface area contributed by atoms with Gasteiger partial charge in [0.1, 0.15) is 11.5 Å². The second-order valence-electron chi connectivity index (χ2n) is 9.58. The number of aliphatic hydroxyl groups is 3. The van der Waals surface area contributed by atoms with E-state index < -0.39 is 34.4 Å². The maximum atomic E-state index is 13.2. The molecule has 3 aromatic carbocycles. The monoisotopic (exact) mass is 604 g/mol. The summed E-state index contributed by atoms with van der Waals surface area (Å²) in [5.41, 5.74) is 1.63. The molecule has 0 radical (unpaired) electrons. The van der Waals surface area contributed by atoms with Gasteiger partial charge in [-0.25, -0.2) is 8.42 Å². The first-order valence-corrected chi connectivity index (χ1v) is 15.3. The third-order valence-electron chi connectivity index (χ3n) is 6.60. The van der Waals surface area contributed by atoms with Crippen LogP contribution >= 0.6 is 0 Å². The van der Waals surface area contributed by atoms with E-state index >= 15 is 0 Å². The predicted molar refractivity (Wildman–Crippen MR) is 157 cm³/mol. The molecule has 2 atom stereocenters. The Hall–Kier alpha value is -3.51. The minimum absolute atomic E-state index is 0.0367. The SMILES string of the molecule is CCCOc1c(OCc2ccccc2)cc(C(O)CCC(O)c2cc(OC)c(OC)c(OC)c2)cc1S(=O)(=O)CCO. The van der Waals surface area contributed by atoms with Gasteiger partial charge in [0.2, 0.25) is 5.75 Å². The van der Waals surface area contributed by atoms with E-state index in [-0.39, 0.29) is 48.0 Å². The molecule has 0 fully saturated rings. The molecule has 3 N–H and O–H groups in total. The smallest absolute Gasteiger partial charge is 0.203 e. The highest BCUT2D eigenvalue weighted by molar-refractivity contribution is 7.91. The minimum atomic E-state index is -3.98. The Morgan fingerprint density at radius 1 is 0.762 bits per heavy atom. The van der Waals surface area contributed by atoms with Gasteiger partial charge >= 0.3 is 0 Å². The van der Waals surface area contributed by atoms with Gasteiger partial charge in [0.05, 0.1) is 52.5 Å². The molecular weight excluding hydrogens is 564 g/mol. The molecule has 0 aliphatic heterocycles. The third-order valence-corrected chi connectivity index (χ3v) is 8.29. The predicted octanol–water partition coefficient (Wildman–Crippen LogP) is 4.39. The van der Waals surface area contributed by atoms with Crippen LogP contribution in [0.25, 0.3) is 0 Å². The average Bonchev–Trinajstić information content (AvgIpc) is 3.00. The summed E-state index contributed by atoms with van der Waals surface area (Å²) < 4.78 is 54.4. The number of ether oxygens (including phenoxy) is 5. The number of methoxy groups -OCH3 is 3. The second kappa shape index (κ2) is 15.6. The van der Waals surface area contributed by atoms with Crippen molar-refractivity contribution in [3.05, 3.63) is 71.3 Å². The van der Waals surface area contributed by atoms with Gasteiger partial charge in [-0.05, 0) is 60.2 Å². The van der Waals surface area contributed by atoms with Crippen LogP contribution in [0, 0.1) is 0 Å². The van der Waals surface area contributed by atoms with Gasteiger partial charge in [-0.3, -0.25) is 0 Å². The molecule has 3 aromatic rings. The summed E-state index contributed by atoms with van der Waals surface area (Å²) in [6, 6.07) is 15.5. The molecule has 0 aromatic heterocycles. The van der Waals surface area contributed by atoms with E-state index in [1.165, 1.54) is 27.4 Å². The minimum Gasteiger partial charge on any atom is -0.493 e. The van der Waals surface area contributed by atoms with Crippen LogP contribution in [-0.4, -0.2) is 64.0 Å². The van der Waals surface area contributed by atoms with E-state index in [1.54, 1.807) is 18.2 Å². The molecule has 0 saturated heterocycles. The zero-order valence-corrected chi connectivity index (χ0v) is 25.2. The van der Waals surface area contributed by atoms with E-state index in [0.717, 1.165) is 5.56 Å². The van der Waals surface area contributed by atoms with Crippen molar-refractivity contribution in [3.63, 3.8) is 0 Å². The van der Waals surface area contributed by atoms with Crippen molar-refractivity contribution in [2.75, 3.05) is 40.3 Å². The molecule has 0 amide bonds. The van der Waals surface area contributed by atoms with E-state index in [4.69, 9.17) is 23.7 Å². The standard InChI is InChI=1S/C31H40O10S/c1-5-14-40-31-28(41-20-21-9-7-6-8-10-21)18-23(19-29(31)42(35,36)15-13-32)25(34)12-11-24(33)22-16-26(37-2)30(39-4)27(17-22)38-3/h6-10,16-19,24-25,32-34H,5,11-15,20H2,1-4H3. The summed E-state index contributed by atoms with van der Waals surface area (Å²) in [5.74, 6) is 0.829. The third kappa shape index (κ3) is 8.28. The number of hydrogen-bond acceptors (Lipinski definition) is 10. The normalized spacial score (nSPS) is 12.8. The molecule has 0 aliphatic rings. The lowest BCUT2D eigenvalue weighted by atomic mass is 9.98. The number of sulfone groups is 1. The van der Waals surface area contributed by atoms with Crippen molar-refractivity contribution in [2.24, 2.45) is 0 Å². The number of rotatable bonds is 17. The van der Waals surface area contributed by atoms with Crippen LogP contribution < -0.4 is 23.7 Å². The first-order valence-electron chi connectivity index (χ1n) is 13.7. The van der Waals surface area contributed by atoms with Gasteiger partial charge in [0.25, 0.3) is 0 Å². The van der Waals surface area contributed by atoms with Crippen molar-refractivity contribution >= 4 is 9.84 Å². The maximum absolute atomic E-state index is 13.2. The molecule has 0 bridgehead atoms. The van der Waals surface area contributed by atoms with Crippen LogP contribution in [0.4, 0.5) is 0 Å². The van der Waals surface area contributed by atoms with Crippen LogP contribution in [0.5, 0.6) is 28.7 Å². The van der Waals surface area contributed by atoms with Crippen molar-refractivity contribution < 1.29 is 47.4 Å². The van der Waals surface area contributed by atoms with Crippen molar-refractivity contribution in [3.8, 4) is 28.7 Å². The fourth-order valence-corrected chi connectivity index (χ4v) is 5.60. The molecule has 42 heavy (non-hydrogen) atoms. The first kappa shape index (κ1) is 33.0. The van der Waals surface area contributed by atoms with Crippen LogP contribution in [-0.2, 0) is 16.4 Å². The fraction of sp³-hybridized carbons (Fsp3) is 0.419. The Morgan fingerprint density at radius 3 is 1.86 bits per heavy atom. The molecule has 10 nitrogen and oxygen atoms in total. The lowest BCUT2D eigenvalue weighted by molar-refractivity contribution is 0.114. The van der Waals surface area contributed by atoms with Gasteiger partial charge < -0.3 is 39.0 Å². The molecule has 0 saturated carbocycles. The highest BCUT2D eigenvalue weighted by Gasteiger charge is 2.27. The Morgan fingerprint density at radius 2 is 1.33 bits per heavy atom. The first-order chi connectivity index (χ1) is 20.2. The van der Waals surface area contributed by atoms with Gasteiger partial charge in [-0.2, -0.15) is 0 Å². The van der Waals surface area contributed by atoms with Crippen molar-refractivity contribution in [1.29, 1.82) is 0 Å². The molecule has 0 spiro atoms. The van der Waals surface area contributed by atoms with Gasteiger partial charge in [-0.1, -0.05) is 37.3 Å². The number of aliphatic hydroxyl groups excluding tert-OH is 3. The van der Waals surface area contributed by atoms with Crippen molar-refractivity contribution in [1.82, 2.24) is 0 Å². The van der Waals surface area contributed by atoms with Gasteiger partial charge in [0.15, 0.2) is 32.8 Å². The highest BCUT2D eigenvalue weighted by Crippen LogP contribution is 2.42. The molecule has 0 aliphatic carbocycles. The summed E-state index contributed by atoms with van der Waals surface area (Å²) in [4.78, 5) is -0.171. The van der Waals surface area contributed by atoms with Crippen LogP contribution in [0.2, 0.25) is 0 Å². The van der Waals surface area contributed by atoms with Crippen molar-refractivity contribution in [2.45, 2.75) is 49.9 Å². The quantitative estimate of drug-likeness (QED) is 0.203. The van der Waals surface area contributed by atoms with Crippen LogP contribution in [0.3, 0.4) is 0 Å². The lowest BCUT2D eigenvalue weighted by Crippen LogP contribution is -2.14. The molecule has 2 unspecified atom stereocenters. The lowest BCUT2D eigenvalue weighted by Gasteiger charge is -2.21. The topological polar surface area (TPSA) is 141 Å². The van der Waals surface area contributed by atoms with Gasteiger partial charge in [-0.15, -0.1) is 0 Å². The van der Waals surface area contributed by atoms with E-state index in [0.29, 0.717) is 29.2 Å². The average molecular weight is 605 g/mol. The van der Waals surface area contributed by atoms with Crippen LogP contribution in [0.15, 0.2) is 59.5 Å². The summed E-state index contributed by atoms with van der Waals surface area (Å²) in [5, 5.41) is 31.6. The van der Waals surface area contributed by atoms with E-state index in [2.05, 4.69) is 0 Å². The fourth-order valence-electron chi connectivity index (χ4n) is 4.38. The van der Waals surface area contributed by atoms with Gasteiger partial charge in [0, 0.05) is 0 Å². The number of benzene rings is 3. The largest absolute Gasteiger partial charge is 0.493 e. The Labute approximate surface area is 247 Å². The summed E-state index contributed by atoms with van der Waals surface area (Å²) >= 11 is 0. The van der Waals surface area contributed by atoms with Crippen LogP contribution in [0.1, 0.15) is 55.1 Å². The zero-order chi connectivity index (χ0) is 30.7. The van der Waals surface area contributed by atoms with E-state index in [9.17, 15) is 23.7 Å². The molecule has 3 rings (SSSR count). The Bertz CT molecular complexity index is 1370. The number of hydrogen-bond donors (Lipinski definition) is 3. The summed E-state index contributed by atoms with van der Waals surface area (Å²) in [6.45, 7) is 1.70. The van der Waals surface area contributed by atoms with E-state index in [1.807, 2.05) is 37.3 Å².